The maximum Gasteiger partial charge on any atom is 0.270 e. The zero-order valence-electron chi connectivity index (χ0n) is 14.7. The van der Waals surface area contributed by atoms with E-state index in [0.717, 1.165) is 30.5 Å². The molecule has 0 aliphatic carbocycles. The maximum atomic E-state index is 12.6. The van der Waals surface area contributed by atoms with Gasteiger partial charge in [-0.15, -0.1) is 0 Å². The van der Waals surface area contributed by atoms with E-state index in [1.54, 1.807) is 17.0 Å². The average Bonchev–Trinajstić information content (AvgIpc) is 3.28. The SMILES string of the molecule is CCCCCNC(=O)c1cc(-c2ccco2)nn1-c1ccc(C)cc1. The third-order valence-electron chi connectivity index (χ3n) is 4.06. The third kappa shape index (κ3) is 3.99. The van der Waals surface area contributed by atoms with Crippen LogP contribution in [0.4, 0.5) is 0 Å². The summed E-state index contributed by atoms with van der Waals surface area (Å²) in [4.78, 5) is 12.6. The molecule has 0 saturated heterocycles. The Kier molecular flexibility index (Phi) is 5.33. The van der Waals surface area contributed by atoms with Crippen LogP contribution in [0.5, 0.6) is 0 Å². The summed E-state index contributed by atoms with van der Waals surface area (Å²) >= 11 is 0. The quantitative estimate of drug-likeness (QED) is 0.652. The van der Waals surface area contributed by atoms with E-state index >= 15 is 0 Å². The van der Waals surface area contributed by atoms with Gasteiger partial charge in [-0.05, 0) is 37.6 Å². The summed E-state index contributed by atoms with van der Waals surface area (Å²) in [7, 11) is 0. The molecule has 0 saturated carbocycles. The highest BCUT2D eigenvalue weighted by molar-refractivity contribution is 5.94. The number of benzene rings is 1. The van der Waals surface area contributed by atoms with E-state index in [-0.39, 0.29) is 5.91 Å². The molecule has 0 atom stereocenters. The largest absolute Gasteiger partial charge is 0.463 e. The lowest BCUT2D eigenvalue weighted by Gasteiger charge is -2.08. The topological polar surface area (TPSA) is 60.1 Å². The number of nitrogens with one attached hydrogen (secondary N) is 1. The molecule has 0 spiro atoms. The van der Waals surface area contributed by atoms with Gasteiger partial charge in [0.2, 0.25) is 0 Å². The van der Waals surface area contributed by atoms with Gasteiger partial charge in [0, 0.05) is 12.6 Å². The minimum Gasteiger partial charge on any atom is -0.463 e. The minimum atomic E-state index is -0.123. The molecule has 0 unspecified atom stereocenters. The third-order valence-corrected chi connectivity index (χ3v) is 4.06. The fourth-order valence-corrected chi connectivity index (χ4v) is 2.64. The number of aromatic nitrogens is 2. The molecule has 0 aliphatic rings. The Morgan fingerprint density at radius 2 is 2.00 bits per heavy atom. The van der Waals surface area contributed by atoms with Crippen LogP contribution < -0.4 is 5.32 Å². The second kappa shape index (κ2) is 7.83. The zero-order valence-corrected chi connectivity index (χ0v) is 14.7. The summed E-state index contributed by atoms with van der Waals surface area (Å²) in [6.07, 6.45) is 4.81. The molecular formula is C20H23N3O2. The number of rotatable bonds is 7. The molecule has 3 aromatic rings. The predicted octanol–water partition coefficient (Wildman–Crippen LogP) is 4.36. The number of amides is 1. The monoisotopic (exact) mass is 337 g/mol. The Balaban J connectivity index is 1.91. The van der Waals surface area contributed by atoms with Crippen LogP contribution in [0.3, 0.4) is 0 Å². The number of aryl methyl sites for hydroxylation is 1. The summed E-state index contributed by atoms with van der Waals surface area (Å²) in [5.41, 5.74) is 3.16. The van der Waals surface area contributed by atoms with E-state index in [9.17, 15) is 4.79 Å². The van der Waals surface area contributed by atoms with Gasteiger partial charge in [-0.2, -0.15) is 5.10 Å². The fourth-order valence-electron chi connectivity index (χ4n) is 2.64. The number of hydrogen-bond donors (Lipinski definition) is 1. The van der Waals surface area contributed by atoms with Crippen LogP contribution in [0.15, 0.2) is 53.1 Å². The van der Waals surface area contributed by atoms with Gasteiger partial charge >= 0.3 is 0 Å². The number of nitrogens with zero attached hydrogens (tertiary/aromatic N) is 2. The van der Waals surface area contributed by atoms with Crippen molar-refractivity contribution in [3.63, 3.8) is 0 Å². The van der Waals surface area contributed by atoms with Gasteiger partial charge in [-0.1, -0.05) is 37.5 Å². The van der Waals surface area contributed by atoms with Gasteiger partial charge in [0.1, 0.15) is 11.4 Å². The van der Waals surface area contributed by atoms with Crippen LogP contribution in [-0.4, -0.2) is 22.2 Å². The van der Waals surface area contributed by atoms with Crippen molar-refractivity contribution in [1.82, 2.24) is 15.1 Å². The molecule has 2 heterocycles. The molecular weight excluding hydrogens is 314 g/mol. The molecule has 5 heteroatoms. The molecule has 0 bridgehead atoms. The van der Waals surface area contributed by atoms with Crippen molar-refractivity contribution in [1.29, 1.82) is 0 Å². The molecule has 25 heavy (non-hydrogen) atoms. The number of unbranched alkanes of at least 4 members (excludes halogenated alkanes) is 2. The van der Waals surface area contributed by atoms with Crippen LogP contribution >= 0.6 is 0 Å². The predicted molar refractivity (Wildman–Crippen MR) is 97.9 cm³/mol. The standard InChI is InChI=1S/C20H23N3O2/c1-3-4-5-12-21-20(24)18-14-17(19-7-6-13-25-19)22-23(18)16-10-8-15(2)9-11-16/h6-11,13-14H,3-5,12H2,1-2H3,(H,21,24). The molecule has 1 amide bonds. The summed E-state index contributed by atoms with van der Waals surface area (Å²) in [6, 6.07) is 13.4. The molecule has 0 fully saturated rings. The maximum absolute atomic E-state index is 12.6. The Bertz CT molecular complexity index is 817. The van der Waals surface area contributed by atoms with Gasteiger partial charge in [-0.25, -0.2) is 4.68 Å². The first-order valence-electron chi connectivity index (χ1n) is 8.68. The number of hydrogen-bond acceptors (Lipinski definition) is 3. The van der Waals surface area contributed by atoms with Crippen LogP contribution in [0.25, 0.3) is 17.1 Å². The molecule has 130 valence electrons. The van der Waals surface area contributed by atoms with E-state index in [1.807, 2.05) is 43.3 Å². The van der Waals surface area contributed by atoms with Crippen molar-refractivity contribution >= 4 is 5.91 Å². The summed E-state index contributed by atoms with van der Waals surface area (Å²) in [5.74, 6) is 0.521. The molecule has 3 rings (SSSR count). The lowest BCUT2D eigenvalue weighted by atomic mass is 10.2. The second-order valence-corrected chi connectivity index (χ2v) is 6.10. The normalized spacial score (nSPS) is 10.8. The number of carbonyl (C=O) groups is 1. The smallest absolute Gasteiger partial charge is 0.270 e. The van der Waals surface area contributed by atoms with Gasteiger partial charge in [0.05, 0.1) is 12.0 Å². The van der Waals surface area contributed by atoms with E-state index in [0.29, 0.717) is 23.7 Å². The van der Waals surface area contributed by atoms with Crippen LogP contribution in [-0.2, 0) is 0 Å². The van der Waals surface area contributed by atoms with Gasteiger partial charge < -0.3 is 9.73 Å². The van der Waals surface area contributed by atoms with E-state index < -0.39 is 0 Å². The van der Waals surface area contributed by atoms with Gasteiger partial charge in [0.15, 0.2) is 5.76 Å². The van der Waals surface area contributed by atoms with Crippen molar-refractivity contribution in [3.8, 4) is 17.1 Å². The molecule has 1 aromatic carbocycles. The lowest BCUT2D eigenvalue weighted by Crippen LogP contribution is -2.26. The zero-order chi connectivity index (χ0) is 17.6. The fraction of sp³-hybridized carbons (Fsp3) is 0.300. The van der Waals surface area contributed by atoms with Crippen LogP contribution in [0, 0.1) is 6.92 Å². The Hall–Kier alpha value is -2.82. The minimum absolute atomic E-state index is 0.123. The van der Waals surface area contributed by atoms with Gasteiger partial charge in [-0.3, -0.25) is 4.79 Å². The highest BCUT2D eigenvalue weighted by atomic mass is 16.3. The number of carbonyl (C=O) groups excluding carboxylic acids is 1. The first kappa shape index (κ1) is 17.0. The summed E-state index contributed by atoms with van der Waals surface area (Å²) in [5, 5.41) is 7.56. The summed E-state index contributed by atoms with van der Waals surface area (Å²) in [6.45, 7) is 4.84. The molecule has 5 nitrogen and oxygen atoms in total. The molecule has 0 aliphatic heterocycles. The lowest BCUT2D eigenvalue weighted by molar-refractivity contribution is 0.0945. The van der Waals surface area contributed by atoms with Crippen molar-refractivity contribution in [2.75, 3.05) is 6.54 Å². The van der Waals surface area contributed by atoms with Crippen molar-refractivity contribution in [3.05, 3.63) is 60.0 Å². The average molecular weight is 337 g/mol. The first-order chi connectivity index (χ1) is 12.2. The van der Waals surface area contributed by atoms with Crippen LogP contribution in [0.2, 0.25) is 0 Å². The highest BCUT2D eigenvalue weighted by Crippen LogP contribution is 2.22. The molecule has 2 aromatic heterocycles. The second-order valence-electron chi connectivity index (χ2n) is 6.10. The van der Waals surface area contributed by atoms with E-state index in [4.69, 9.17) is 4.42 Å². The molecule has 1 N–H and O–H groups in total. The Morgan fingerprint density at radius 3 is 2.68 bits per heavy atom. The Labute approximate surface area is 147 Å². The number of furan rings is 1. The van der Waals surface area contributed by atoms with Crippen molar-refractivity contribution < 1.29 is 9.21 Å². The first-order valence-corrected chi connectivity index (χ1v) is 8.68. The highest BCUT2D eigenvalue weighted by Gasteiger charge is 2.18. The van der Waals surface area contributed by atoms with Crippen molar-refractivity contribution in [2.24, 2.45) is 0 Å². The van der Waals surface area contributed by atoms with E-state index in [2.05, 4.69) is 17.3 Å². The molecule has 0 radical (unpaired) electrons. The van der Waals surface area contributed by atoms with Gasteiger partial charge in [0.25, 0.3) is 5.91 Å². The Morgan fingerprint density at radius 1 is 1.20 bits per heavy atom. The van der Waals surface area contributed by atoms with Crippen molar-refractivity contribution in [2.45, 2.75) is 33.1 Å². The van der Waals surface area contributed by atoms with Crippen LogP contribution in [0.1, 0.15) is 42.2 Å². The summed E-state index contributed by atoms with van der Waals surface area (Å²) < 4.78 is 7.10. The van der Waals surface area contributed by atoms with E-state index in [1.165, 1.54) is 0 Å².